The number of halogens is 1. The summed E-state index contributed by atoms with van der Waals surface area (Å²) in [6, 6.07) is 8.19. The minimum atomic E-state index is 0.0624. The molecule has 158 valence electrons. The predicted molar refractivity (Wildman–Crippen MR) is 115 cm³/mol. The zero-order valence-corrected chi connectivity index (χ0v) is 17.9. The van der Waals surface area contributed by atoms with E-state index in [-0.39, 0.29) is 23.7 Å². The van der Waals surface area contributed by atoms with Crippen LogP contribution in [0.5, 0.6) is 0 Å². The molecule has 29 heavy (non-hydrogen) atoms. The number of nitrogens with one attached hydrogen (secondary N) is 2. The molecule has 4 bridgehead atoms. The van der Waals surface area contributed by atoms with E-state index < -0.39 is 0 Å². The van der Waals surface area contributed by atoms with Crippen LogP contribution in [0.2, 0.25) is 5.02 Å². The fourth-order valence-electron chi connectivity index (χ4n) is 6.92. The van der Waals surface area contributed by atoms with Crippen molar-refractivity contribution in [2.75, 3.05) is 0 Å². The topological polar surface area (TPSA) is 50.4 Å². The highest BCUT2D eigenvalue weighted by molar-refractivity contribution is 6.31. The molecule has 2 amide bonds. The quantitative estimate of drug-likeness (QED) is 0.671. The Morgan fingerprint density at radius 3 is 2.24 bits per heavy atom. The summed E-state index contributed by atoms with van der Waals surface area (Å²) >= 11 is 6.22. The summed E-state index contributed by atoms with van der Waals surface area (Å²) in [7, 11) is 0. The van der Waals surface area contributed by atoms with Crippen LogP contribution in [0.1, 0.15) is 69.8 Å². The number of amides is 2. The molecule has 0 radical (unpaired) electrons. The van der Waals surface area contributed by atoms with Gasteiger partial charge >= 0.3 is 6.03 Å². The van der Waals surface area contributed by atoms with Crippen LogP contribution in [0, 0.1) is 17.8 Å². The van der Waals surface area contributed by atoms with Gasteiger partial charge < -0.3 is 15.4 Å². The second-order valence-electron chi connectivity index (χ2n) is 10.2. The maximum atomic E-state index is 12.8. The first kappa shape index (κ1) is 19.7. The molecule has 1 aromatic carbocycles. The Morgan fingerprint density at radius 2 is 1.62 bits per heavy atom. The lowest BCUT2D eigenvalue weighted by Gasteiger charge is -2.56. The zero-order valence-electron chi connectivity index (χ0n) is 17.2. The molecular formula is C24H33ClN2O2. The van der Waals surface area contributed by atoms with Crippen LogP contribution in [0.3, 0.4) is 0 Å². The summed E-state index contributed by atoms with van der Waals surface area (Å²) in [5.74, 6) is 2.56. The van der Waals surface area contributed by atoms with Gasteiger partial charge in [-0.3, -0.25) is 0 Å². The van der Waals surface area contributed by atoms with Crippen molar-refractivity contribution in [3.63, 3.8) is 0 Å². The van der Waals surface area contributed by atoms with Gasteiger partial charge in [0.1, 0.15) is 0 Å². The molecule has 0 saturated heterocycles. The van der Waals surface area contributed by atoms with Crippen molar-refractivity contribution in [2.24, 2.45) is 17.8 Å². The van der Waals surface area contributed by atoms with Crippen molar-refractivity contribution in [2.45, 2.75) is 88.5 Å². The third kappa shape index (κ3) is 4.44. The molecule has 5 aliphatic rings. The predicted octanol–water partition coefficient (Wildman–Crippen LogP) is 5.44. The number of hydrogen-bond acceptors (Lipinski definition) is 2. The smallest absolute Gasteiger partial charge is 0.315 e. The van der Waals surface area contributed by atoms with E-state index >= 15 is 0 Å². The Morgan fingerprint density at radius 1 is 1.00 bits per heavy atom. The van der Waals surface area contributed by atoms with Gasteiger partial charge in [0, 0.05) is 16.6 Å². The molecule has 4 nitrogen and oxygen atoms in total. The number of rotatable bonds is 5. The van der Waals surface area contributed by atoms with Gasteiger partial charge in [-0.25, -0.2) is 4.79 Å². The average molecular weight is 417 g/mol. The van der Waals surface area contributed by atoms with Crippen LogP contribution >= 0.6 is 11.6 Å². The van der Waals surface area contributed by atoms with Crippen LogP contribution in [0.25, 0.3) is 0 Å². The Kier molecular flexibility index (Phi) is 5.51. The fraction of sp³-hybridized carbons (Fsp3) is 0.708. The minimum absolute atomic E-state index is 0.0624. The number of carbonyl (C=O) groups excluding carboxylic acids is 1. The Labute approximate surface area is 179 Å². The van der Waals surface area contributed by atoms with Crippen molar-refractivity contribution in [3.05, 3.63) is 34.9 Å². The van der Waals surface area contributed by atoms with E-state index in [0.29, 0.717) is 6.61 Å². The van der Waals surface area contributed by atoms with Crippen LogP contribution in [-0.2, 0) is 11.3 Å². The summed E-state index contributed by atoms with van der Waals surface area (Å²) in [6.07, 6.45) is 12.0. The summed E-state index contributed by atoms with van der Waals surface area (Å²) in [5.41, 5.74) is 1.14. The monoisotopic (exact) mass is 416 g/mol. The molecule has 5 saturated carbocycles. The van der Waals surface area contributed by atoms with Crippen molar-refractivity contribution in [1.29, 1.82) is 0 Å². The van der Waals surface area contributed by atoms with Crippen LogP contribution in [-0.4, -0.2) is 23.7 Å². The fourth-order valence-corrected chi connectivity index (χ4v) is 7.11. The van der Waals surface area contributed by atoms with Gasteiger partial charge in [0.2, 0.25) is 0 Å². The van der Waals surface area contributed by atoms with E-state index in [1.165, 1.54) is 38.5 Å². The van der Waals surface area contributed by atoms with Crippen LogP contribution in [0.15, 0.2) is 24.3 Å². The molecule has 0 aliphatic heterocycles. The molecule has 2 N–H and O–H groups in total. The van der Waals surface area contributed by atoms with E-state index in [4.69, 9.17) is 16.3 Å². The van der Waals surface area contributed by atoms with Gasteiger partial charge in [-0.2, -0.15) is 0 Å². The largest absolute Gasteiger partial charge is 0.373 e. The van der Waals surface area contributed by atoms with Crippen molar-refractivity contribution in [1.82, 2.24) is 10.6 Å². The second kappa shape index (κ2) is 8.11. The summed E-state index contributed by atoms with van der Waals surface area (Å²) in [6.45, 7) is 0.564. The Hall–Kier alpha value is -1.26. The highest BCUT2D eigenvalue weighted by Gasteiger charge is 2.51. The SMILES string of the molecule is O=C(NC12CC3CC(CC(C3)C1)C2)N[C@H]1CC[C@@H](OCc2ccccc2Cl)CC1. The van der Waals surface area contributed by atoms with Gasteiger partial charge in [-0.15, -0.1) is 0 Å². The Balaban J connectivity index is 1.06. The highest BCUT2D eigenvalue weighted by Crippen LogP contribution is 2.55. The normalized spacial score (nSPS) is 38.0. The van der Waals surface area contributed by atoms with E-state index in [1.807, 2.05) is 24.3 Å². The maximum absolute atomic E-state index is 12.8. The molecule has 5 fully saturated rings. The van der Waals surface area contributed by atoms with Gasteiger partial charge in [0.15, 0.2) is 0 Å². The molecular weight excluding hydrogens is 384 g/mol. The van der Waals surface area contributed by atoms with Gasteiger partial charge in [0.05, 0.1) is 12.7 Å². The van der Waals surface area contributed by atoms with E-state index in [0.717, 1.165) is 54.0 Å². The number of hydrogen-bond donors (Lipinski definition) is 2. The Bertz CT molecular complexity index is 709. The molecule has 6 rings (SSSR count). The van der Waals surface area contributed by atoms with E-state index in [1.54, 1.807) is 0 Å². The third-order valence-electron chi connectivity index (χ3n) is 7.86. The lowest BCUT2D eigenvalue weighted by molar-refractivity contribution is -0.0142. The number of benzene rings is 1. The third-order valence-corrected chi connectivity index (χ3v) is 8.23. The lowest BCUT2D eigenvalue weighted by atomic mass is 9.53. The molecule has 5 aliphatic carbocycles. The molecule has 1 aromatic rings. The van der Waals surface area contributed by atoms with E-state index in [2.05, 4.69) is 10.6 Å². The van der Waals surface area contributed by atoms with Gasteiger partial charge in [0.25, 0.3) is 0 Å². The molecule has 0 aromatic heterocycles. The summed E-state index contributed by atoms with van der Waals surface area (Å²) < 4.78 is 6.08. The summed E-state index contributed by atoms with van der Waals surface area (Å²) in [5, 5.41) is 7.48. The standard InChI is InChI=1S/C24H33ClN2O2/c25-22-4-2-1-3-19(22)15-29-21-7-5-20(6-8-21)26-23(28)27-24-12-16-9-17(13-24)11-18(10-16)14-24/h1-4,16-18,20-21H,5-15H2,(H2,26,27,28)/t16?,17?,18?,20-,21+,24?. The number of carbonyl (C=O) groups is 1. The highest BCUT2D eigenvalue weighted by atomic mass is 35.5. The van der Waals surface area contributed by atoms with Crippen molar-refractivity contribution < 1.29 is 9.53 Å². The van der Waals surface area contributed by atoms with Gasteiger partial charge in [-0.05, 0) is 93.6 Å². The first-order chi connectivity index (χ1) is 14.1. The average Bonchev–Trinajstić information content (AvgIpc) is 2.67. The molecule has 0 atom stereocenters. The summed E-state index contributed by atoms with van der Waals surface area (Å²) in [4.78, 5) is 12.8. The maximum Gasteiger partial charge on any atom is 0.315 e. The first-order valence-electron chi connectivity index (χ1n) is 11.5. The zero-order chi connectivity index (χ0) is 19.8. The van der Waals surface area contributed by atoms with Gasteiger partial charge in [-0.1, -0.05) is 29.8 Å². The molecule has 0 heterocycles. The molecule has 0 unspecified atom stereocenters. The first-order valence-corrected chi connectivity index (χ1v) is 11.9. The van der Waals surface area contributed by atoms with Crippen LogP contribution in [0.4, 0.5) is 4.79 Å². The van der Waals surface area contributed by atoms with Crippen LogP contribution < -0.4 is 10.6 Å². The van der Waals surface area contributed by atoms with E-state index in [9.17, 15) is 4.79 Å². The van der Waals surface area contributed by atoms with Crippen molar-refractivity contribution in [3.8, 4) is 0 Å². The molecule has 5 heteroatoms. The number of ether oxygens (including phenoxy) is 1. The number of urea groups is 1. The molecule has 0 spiro atoms. The second-order valence-corrected chi connectivity index (χ2v) is 10.6. The minimum Gasteiger partial charge on any atom is -0.373 e. The lowest BCUT2D eigenvalue weighted by Crippen LogP contribution is -2.62. The van der Waals surface area contributed by atoms with Crippen molar-refractivity contribution >= 4 is 17.6 Å².